The van der Waals surface area contributed by atoms with Gasteiger partial charge in [0.25, 0.3) is 0 Å². The Hall–Kier alpha value is -2.95. The highest BCUT2D eigenvalue weighted by molar-refractivity contribution is 5.60. The average molecular weight is 333 g/mol. The van der Waals surface area contributed by atoms with Gasteiger partial charge in [-0.05, 0) is 61.2 Å². The van der Waals surface area contributed by atoms with E-state index >= 15 is 0 Å². The lowest BCUT2D eigenvalue weighted by atomic mass is 10.1. The standard InChI is InChI=1S/C20H23N5/c1-15-5-4-6-18(16(15)2)23-20-22-13-9-19(24-20)25(3)14-10-17-7-11-21-12-8-17/h4-9,11-13H,10,14H2,1-3H3,(H,22,23,24). The van der Waals surface area contributed by atoms with E-state index in [1.54, 1.807) is 6.20 Å². The molecule has 0 fully saturated rings. The van der Waals surface area contributed by atoms with Crippen LogP contribution in [0.3, 0.4) is 0 Å². The van der Waals surface area contributed by atoms with Crippen molar-refractivity contribution >= 4 is 17.5 Å². The molecular weight excluding hydrogens is 310 g/mol. The molecule has 3 rings (SSSR count). The minimum Gasteiger partial charge on any atom is -0.359 e. The summed E-state index contributed by atoms with van der Waals surface area (Å²) in [6, 6.07) is 12.2. The van der Waals surface area contributed by atoms with Crippen molar-refractivity contribution < 1.29 is 0 Å². The molecule has 1 aromatic carbocycles. The second-order valence-electron chi connectivity index (χ2n) is 6.14. The molecular formula is C20H23N5. The number of anilines is 3. The van der Waals surface area contributed by atoms with E-state index in [-0.39, 0.29) is 0 Å². The molecule has 0 aliphatic carbocycles. The molecule has 3 aromatic rings. The molecule has 0 aliphatic heterocycles. The Labute approximate surface area is 148 Å². The molecule has 0 bridgehead atoms. The summed E-state index contributed by atoms with van der Waals surface area (Å²) in [6.07, 6.45) is 6.39. The number of hydrogen-bond acceptors (Lipinski definition) is 5. The first-order valence-corrected chi connectivity index (χ1v) is 8.40. The lowest BCUT2D eigenvalue weighted by Gasteiger charge is -2.19. The number of rotatable bonds is 6. The van der Waals surface area contributed by atoms with E-state index in [0.29, 0.717) is 5.95 Å². The zero-order valence-corrected chi connectivity index (χ0v) is 14.9. The number of aryl methyl sites for hydroxylation is 1. The first kappa shape index (κ1) is 16.9. The molecule has 0 spiro atoms. The fraction of sp³-hybridized carbons (Fsp3) is 0.250. The van der Waals surface area contributed by atoms with Gasteiger partial charge in [0.2, 0.25) is 5.95 Å². The number of hydrogen-bond donors (Lipinski definition) is 1. The van der Waals surface area contributed by atoms with E-state index in [0.717, 1.165) is 24.5 Å². The normalized spacial score (nSPS) is 10.5. The molecule has 0 saturated carbocycles. The van der Waals surface area contributed by atoms with Gasteiger partial charge >= 0.3 is 0 Å². The van der Waals surface area contributed by atoms with Gasteiger partial charge in [-0.2, -0.15) is 4.98 Å². The van der Waals surface area contributed by atoms with Crippen LogP contribution in [0.2, 0.25) is 0 Å². The van der Waals surface area contributed by atoms with Crippen molar-refractivity contribution in [2.24, 2.45) is 0 Å². The second kappa shape index (κ2) is 7.75. The quantitative estimate of drug-likeness (QED) is 0.741. The fourth-order valence-corrected chi connectivity index (χ4v) is 2.59. The smallest absolute Gasteiger partial charge is 0.229 e. The van der Waals surface area contributed by atoms with Gasteiger partial charge < -0.3 is 10.2 Å². The molecule has 1 N–H and O–H groups in total. The van der Waals surface area contributed by atoms with Crippen LogP contribution < -0.4 is 10.2 Å². The Kier molecular flexibility index (Phi) is 5.23. The van der Waals surface area contributed by atoms with E-state index in [4.69, 9.17) is 0 Å². The summed E-state index contributed by atoms with van der Waals surface area (Å²) >= 11 is 0. The van der Waals surface area contributed by atoms with Crippen LogP contribution in [0.5, 0.6) is 0 Å². The molecule has 2 aromatic heterocycles. The molecule has 25 heavy (non-hydrogen) atoms. The highest BCUT2D eigenvalue weighted by Gasteiger charge is 2.07. The molecule has 0 atom stereocenters. The van der Waals surface area contributed by atoms with Gasteiger partial charge in [0.1, 0.15) is 5.82 Å². The summed E-state index contributed by atoms with van der Waals surface area (Å²) in [4.78, 5) is 15.2. The van der Waals surface area contributed by atoms with Gasteiger partial charge in [0.05, 0.1) is 0 Å². The Bertz CT molecular complexity index is 832. The first-order chi connectivity index (χ1) is 12.1. The van der Waals surface area contributed by atoms with Gasteiger partial charge in [-0.1, -0.05) is 12.1 Å². The van der Waals surface area contributed by atoms with Crippen molar-refractivity contribution in [2.45, 2.75) is 20.3 Å². The molecule has 0 radical (unpaired) electrons. The van der Waals surface area contributed by atoms with Crippen molar-refractivity contribution in [3.8, 4) is 0 Å². The Morgan fingerprint density at radius 1 is 1.00 bits per heavy atom. The van der Waals surface area contributed by atoms with Crippen molar-refractivity contribution in [3.63, 3.8) is 0 Å². The summed E-state index contributed by atoms with van der Waals surface area (Å²) < 4.78 is 0. The number of nitrogens with one attached hydrogen (secondary N) is 1. The lowest BCUT2D eigenvalue weighted by Crippen LogP contribution is -2.21. The summed E-state index contributed by atoms with van der Waals surface area (Å²) in [5, 5.41) is 3.32. The predicted octanol–water partition coefficient (Wildman–Crippen LogP) is 3.91. The first-order valence-electron chi connectivity index (χ1n) is 8.40. The summed E-state index contributed by atoms with van der Waals surface area (Å²) in [6.45, 7) is 5.08. The highest BCUT2D eigenvalue weighted by atomic mass is 15.2. The van der Waals surface area contributed by atoms with Crippen LogP contribution in [0.15, 0.2) is 55.0 Å². The van der Waals surface area contributed by atoms with Gasteiger partial charge in [0, 0.05) is 37.9 Å². The summed E-state index contributed by atoms with van der Waals surface area (Å²) in [5.74, 6) is 1.51. The van der Waals surface area contributed by atoms with Crippen LogP contribution in [0.4, 0.5) is 17.5 Å². The monoisotopic (exact) mass is 333 g/mol. The van der Waals surface area contributed by atoms with Crippen LogP contribution in [-0.4, -0.2) is 28.5 Å². The molecule has 0 saturated heterocycles. The molecule has 0 aliphatic rings. The maximum Gasteiger partial charge on any atom is 0.229 e. The number of likely N-dealkylation sites (N-methyl/N-ethyl adjacent to an activating group) is 1. The molecule has 2 heterocycles. The van der Waals surface area contributed by atoms with Gasteiger partial charge in [0.15, 0.2) is 0 Å². The maximum absolute atomic E-state index is 4.64. The zero-order chi connectivity index (χ0) is 17.6. The average Bonchev–Trinajstić information content (AvgIpc) is 2.64. The number of benzene rings is 1. The third-order valence-corrected chi connectivity index (χ3v) is 4.37. The van der Waals surface area contributed by atoms with Crippen LogP contribution in [-0.2, 0) is 6.42 Å². The predicted molar refractivity (Wildman–Crippen MR) is 102 cm³/mol. The Morgan fingerprint density at radius 3 is 2.60 bits per heavy atom. The molecule has 5 heteroatoms. The van der Waals surface area contributed by atoms with Crippen LogP contribution in [0, 0.1) is 13.8 Å². The fourth-order valence-electron chi connectivity index (χ4n) is 2.59. The topological polar surface area (TPSA) is 53.9 Å². The molecule has 0 unspecified atom stereocenters. The Morgan fingerprint density at radius 2 is 1.80 bits per heavy atom. The number of pyridine rings is 1. The van der Waals surface area contributed by atoms with E-state index in [9.17, 15) is 0 Å². The maximum atomic E-state index is 4.64. The largest absolute Gasteiger partial charge is 0.359 e. The SMILES string of the molecule is Cc1cccc(Nc2nccc(N(C)CCc3ccncc3)n2)c1C. The van der Waals surface area contributed by atoms with Crippen molar-refractivity contribution in [1.82, 2.24) is 15.0 Å². The van der Waals surface area contributed by atoms with Crippen molar-refractivity contribution in [2.75, 3.05) is 23.8 Å². The third kappa shape index (κ3) is 4.32. The number of aromatic nitrogens is 3. The van der Waals surface area contributed by atoms with Crippen molar-refractivity contribution in [3.05, 3.63) is 71.7 Å². The van der Waals surface area contributed by atoms with E-state index < -0.39 is 0 Å². The minimum absolute atomic E-state index is 0.613. The zero-order valence-electron chi connectivity index (χ0n) is 14.9. The van der Waals surface area contributed by atoms with Gasteiger partial charge in [-0.3, -0.25) is 4.98 Å². The van der Waals surface area contributed by atoms with E-state index in [2.05, 4.69) is 45.1 Å². The Balaban J connectivity index is 1.69. The van der Waals surface area contributed by atoms with Crippen LogP contribution in [0.25, 0.3) is 0 Å². The highest BCUT2D eigenvalue weighted by Crippen LogP contribution is 2.21. The lowest BCUT2D eigenvalue weighted by molar-refractivity contribution is 0.855. The molecule has 0 amide bonds. The van der Waals surface area contributed by atoms with Gasteiger partial charge in [-0.15, -0.1) is 0 Å². The van der Waals surface area contributed by atoms with E-state index in [1.165, 1.54) is 16.7 Å². The van der Waals surface area contributed by atoms with Crippen LogP contribution >= 0.6 is 0 Å². The summed E-state index contributed by atoms with van der Waals surface area (Å²) in [7, 11) is 2.05. The summed E-state index contributed by atoms with van der Waals surface area (Å²) in [5.41, 5.74) is 4.76. The van der Waals surface area contributed by atoms with E-state index in [1.807, 2.05) is 49.8 Å². The molecule has 5 nitrogen and oxygen atoms in total. The van der Waals surface area contributed by atoms with Crippen LogP contribution in [0.1, 0.15) is 16.7 Å². The minimum atomic E-state index is 0.613. The third-order valence-electron chi connectivity index (χ3n) is 4.37. The molecule has 128 valence electrons. The second-order valence-corrected chi connectivity index (χ2v) is 6.14. The van der Waals surface area contributed by atoms with Gasteiger partial charge in [-0.25, -0.2) is 4.98 Å². The number of nitrogens with zero attached hydrogens (tertiary/aromatic N) is 4. The van der Waals surface area contributed by atoms with Crippen molar-refractivity contribution in [1.29, 1.82) is 0 Å².